The molecule has 5 aromatic rings. The number of allylic oxidation sites excluding steroid dienone is 1. The number of nitrogens with two attached hydrogens (primary N) is 1. The lowest BCUT2D eigenvalue weighted by molar-refractivity contribution is 0.155. The molecule has 7 rings (SSSR count). The summed E-state index contributed by atoms with van der Waals surface area (Å²) >= 11 is 0. The highest BCUT2D eigenvalue weighted by molar-refractivity contribution is 7.90. The topological polar surface area (TPSA) is 142 Å². The van der Waals surface area contributed by atoms with E-state index in [0.29, 0.717) is 27.8 Å². The number of piperidine rings is 1. The van der Waals surface area contributed by atoms with Crippen molar-refractivity contribution in [3.8, 4) is 11.1 Å². The Hall–Kier alpha value is -4.36. The Kier molecular flexibility index (Phi) is 7.06. The Morgan fingerprint density at radius 2 is 1.79 bits per heavy atom. The van der Waals surface area contributed by atoms with Crippen LogP contribution in [0.15, 0.2) is 71.6 Å². The maximum Gasteiger partial charge on any atom is 0.301 e. The minimum absolute atomic E-state index is 0.0104. The van der Waals surface area contributed by atoms with Crippen molar-refractivity contribution in [2.24, 2.45) is 17.8 Å². The van der Waals surface area contributed by atoms with Crippen LogP contribution in [0.25, 0.3) is 33.4 Å². The first-order valence-corrected chi connectivity index (χ1v) is 16.1. The van der Waals surface area contributed by atoms with Gasteiger partial charge in [0, 0.05) is 79.4 Å². The monoisotopic (exact) mass is 598 g/mol. The minimum Gasteiger partial charge on any atom is -0.404 e. The van der Waals surface area contributed by atoms with Crippen molar-refractivity contribution < 1.29 is 8.42 Å². The number of pyridine rings is 2. The lowest BCUT2D eigenvalue weighted by Crippen LogP contribution is -2.41. The van der Waals surface area contributed by atoms with E-state index in [-0.39, 0.29) is 11.1 Å². The molecular formula is C30H34N10O2S. The number of hydrogen-bond acceptors (Lipinski definition) is 9. The van der Waals surface area contributed by atoms with Crippen molar-refractivity contribution in [2.45, 2.75) is 55.6 Å². The van der Waals surface area contributed by atoms with Crippen LogP contribution in [0.2, 0.25) is 0 Å². The molecule has 222 valence electrons. The molecule has 6 heterocycles. The van der Waals surface area contributed by atoms with Gasteiger partial charge in [-0.05, 0) is 43.9 Å². The molecule has 1 aliphatic carbocycles. The van der Waals surface area contributed by atoms with Gasteiger partial charge in [-0.15, -0.1) is 0 Å². The van der Waals surface area contributed by atoms with Crippen LogP contribution in [0, 0.1) is 0 Å². The summed E-state index contributed by atoms with van der Waals surface area (Å²) in [7, 11) is -2.30. The van der Waals surface area contributed by atoms with Gasteiger partial charge in [0.25, 0.3) is 0 Å². The van der Waals surface area contributed by atoms with Crippen LogP contribution in [0.5, 0.6) is 0 Å². The SMILES string of the molecule is Cn1cc(-c2ccc3ncc(S(=O)(=O)n4ncc5ncc(C(C=NC6CCN(C7CCCC7)CC6)=CN)cc54)n3c2)cn1. The van der Waals surface area contributed by atoms with Crippen LogP contribution in [0.1, 0.15) is 44.1 Å². The predicted octanol–water partition coefficient (Wildman–Crippen LogP) is 3.49. The summed E-state index contributed by atoms with van der Waals surface area (Å²) < 4.78 is 32.2. The average molecular weight is 599 g/mol. The summed E-state index contributed by atoms with van der Waals surface area (Å²) in [5.41, 5.74) is 10.3. The van der Waals surface area contributed by atoms with Crippen LogP contribution in [-0.4, -0.2) is 78.0 Å². The summed E-state index contributed by atoms with van der Waals surface area (Å²) in [4.78, 5) is 16.3. The van der Waals surface area contributed by atoms with Gasteiger partial charge in [0.2, 0.25) is 0 Å². The summed E-state index contributed by atoms with van der Waals surface area (Å²) in [5, 5.41) is 8.43. The summed E-state index contributed by atoms with van der Waals surface area (Å²) in [6.45, 7) is 2.15. The zero-order chi connectivity index (χ0) is 29.6. The molecule has 0 bridgehead atoms. The number of aryl methyl sites for hydroxylation is 1. The zero-order valence-electron chi connectivity index (χ0n) is 24.0. The number of likely N-dealkylation sites (tertiary alicyclic amines) is 1. The van der Waals surface area contributed by atoms with Gasteiger partial charge in [0.15, 0.2) is 5.03 Å². The Balaban J connectivity index is 1.16. The number of imidazole rings is 1. The van der Waals surface area contributed by atoms with E-state index in [1.807, 2.05) is 19.3 Å². The number of aromatic nitrogens is 7. The number of nitrogens with zero attached hydrogens (tertiary/aromatic N) is 9. The number of rotatable bonds is 7. The van der Waals surface area contributed by atoms with Crippen molar-refractivity contribution >= 4 is 38.5 Å². The van der Waals surface area contributed by atoms with Gasteiger partial charge in [-0.25, -0.2) is 4.98 Å². The van der Waals surface area contributed by atoms with Gasteiger partial charge in [-0.2, -0.15) is 22.7 Å². The highest BCUT2D eigenvalue weighted by Crippen LogP contribution is 2.28. The summed E-state index contributed by atoms with van der Waals surface area (Å²) in [5.74, 6) is 0. The second-order valence-corrected chi connectivity index (χ2v) is 13.1. The number of hydrogen-bond donors (Lipinski definition) is 1. The average Bonchev–Trinajstić information content (AvgIpc) is 3.84. The van der Waals surface area contributed by atoms with E-state index in [1.54, 1.807) is 46.0 Å². The van der Waals surface area contributed by atoms with Crippen molar-refractivity contribution in [1.29, 1.82) is 0 Å². The third-order valence-corrected chi connectivity index (χ3v) is 10.2. The largest absolute Gasteiger partial charge is 0.404 e. The Morgan fingerprint density at radius 1 is 0.977 bits per heavy atom. The Morgan fingerprint density at radius 3 is 2.53 bits per heavy atom. The van der Waals surface area contributed by atoms with E-state index in [4.69, 9.17) is 10.7 Å². The quantitative estimate of drug-likeness (QED) is 0.281. The van der Waals surface area contributed by atoms with E-state index in [9.17, 15) is 8.42 Å². The summed E-state index contributed by atoms with van der Waals surface area (Å²) in [6.07, 6.45) is 20.4. The summed E-state index contributed by atoms with van der Waals surface area (Å²) in [6, 6.07) is 6.38. The first kappa shape index (κ1) is 27.5. The maximum absolute atomic E-state index is 14.0. The van der Waals surface area contributed by atoms with Gasteiger partial charge in [0.1, 0.15) is 16.7 Å². The second kappa shape index (κ2) is 11.0. The van der Waals surface area contributed by atoms with Crippen LogP contribution >= 0.6 is 0 Å². The third kappa shape index (κ3) is 5.12. The molecule has 1 saturated carbocycles. The van der Waals surface area contributed by atoms with Gasteiger partial charge >= 0.3 is 10.0 Å². The molecule has 2 N–H and O–H groups in total. The molecule has 12 nitrogen and oxygen atoms in total. The molecule has 0 atom stereocenters. The van der Waals surface area contributed by atoms with Gasteiger partial charge < -0.3 is 10.6 Å². The molecule has 0 radical (unpaired) electrons. The smallest absolute Gasteiger partial charge is 0.301 e. The van der Waals surface area contributed by atoms with E-state index in [0.717, 1.165) is 47.2 Å². The third-order valence-electron chi connectivity index (χ3n) is 8.67. The zero-order valence-corrected chi connectivity index (χ0v) is 24.8. The molecular weight excluding hydrogens is 564 g/mol. The van der Waals surface area contributed by atoms with Crippen LogP contribution < -0.4 is 5.73 Å². The fourth-order valence-electron chi connectivity index (χ4n) is 6.28. The van der Waals surface area contributed by atoms with Crippen molar-refractivity contribution in [3.63, 3.8) is 0 Å². The van der Waals surface area contributed by atoms with Crippen LogP contribution in [0.4, 0.5) is 0 Å². The van der Waals surface area contributed by atoms with E-state index in [2.05, 4.69) is 25.1 Å². The first-order valence-electron chi connectivity index (χ1n) is 14.7. The Bertz CT molecular complexity index is 1950. The van der Waals surface area contributed by atoms with E-state index >= 15 is 0 Å². The number of aliphatic imine (C=N–C) groups is 1. The molecule has 2 fully saturated rings. The first-order chi connectivity index (χ1) is 20.9. The molecule has 1 aliphatic heterocycles. The highest BCUT2D eigenvalue weighted by Gasteiger charge is 2.27. The van der Waals surface area contributed by atoms with Gasteiger partial charge in [-0.1, -0.05) is 12.8 Å². The van der Waals surface area contributed by atoms with Crippen molar-refractivity contribution in [1.82, 2.24) is 38.2 Å². The van der Waals surface area contributed by atoms with Gasteiger partial charge in [-0.3, -0.25) is 19.1 Å². The Labute approximate surface area is 249 Å². The normalized spacial score (nSPS) is 18.1. The van der Waals surface area contributed by atoms with Crippen LogP contribution in [0.3, 0.4) is 0 Å². The molecule has 13 heteroatoms. The predicted molar refractivity (Wildman–Crippen MR) is 165 cm³/mol. The molecule has 0 spiro atoms. The molecule has 43 heavy (non-hydrogen) atoms. The second-order valence-electron chi connectivity index (χ2n) is 11.4. The lowest BCUT2D eigenvalue weighted by Gasteiger charge is -2.34. The lowest BCUT2D eigenvalue weighted by atomic mass is 10.0. The van der Waals surface area contributed by atoms with Crippen molar-refractivity contribution in [2.75, 3.05) is 13.1 Å². The van der Waals surface area contributed by atoms with E-state index < -0.39 is 10.0 Å². The van der Waals surface area contributed by atoms with Crippen molar-refractivity contribution in [3.05, 3.63) is 67.1 Å². The maximum atomic E-state index is 14.0. The molecule has 0 unspecified atom stereocenters. The molecule has 0 amide bonds. The molecule has 0 aromatic carbocycles. The fraction of sp³-hybridized carbons (Fsp3) is 0.367. The minimum atomic E-state index is -4.13. The van der Waals surface area contributed by atoms with E-state index in [1.165, 1.54) is 44.3 Å². The molecule has 5 aromatic heterocycles. The van der Waals surface area contributed by atoms with Crippen LogP contribution in [-0.2, 0) is 17.1 Å². The molecule has 2 aliphatic rings. The fourth-order valence-corrected chi connectivity index (χ4v) is 7.62. The van der Waals surface area contributed by atoms with Gasteiger partial charge in [0.05, 0.1) is 24.6 Å². The highest BCUT2D eigenvalue weighted by atomic mass is 32.2. The number of fused-ring (bicyclic) bond motifs is 2. The molecule has 1 saturated heterocycles. The standard InChI is InChI=1S/C30H34N10O2S/c1-37-19-24(16-35-37)21-6-7-29-34-18-30(39(29)20-21)43(41,42)40-28-12-22(14-33-27(28)17-36-40)23(13-31)15-32-25-8-10-38(11-9-25)26-4-2-3-5-26/h6-7,12-20,25-26H,2-5,8-11,31H2,1H3.